The average Bonchev–Trinajstić information content (AvgIpc) is 3.38. The number of urea groups is 1. The van der Waals surface area contributed by atoms with Crippen molar-refractivity contribution in [2.75, 3.05) is 10.6 Å². The fourth-order valence-electron chi connectivity index (χ4n) is 2.67. The number of benzene rings is 2. The molecule has 1 aromatic heterocycles. The highest BCUT2D eigenvalue weighted by Gasteiger charge is 2.23. The van der Waals surface area contributed by atoms with Gasteiger partial charge in [0.25, 0.3) is 5.91 Å². The van der Waals surface area contributed by atoms with E-state index in [-0.39, 0.29) is 11.9 Å². The second-order valence-corrected chi connectivity index (χ2v) is 6.64. The third-order valence-electron chi connectivity index (χ3n) is 4.18. The van der Waals surface area contributed by atoms with Gasteiger partial charge in [0, 0.05) is 28.3 Å². The summed E-state index contributed by atoms with van der Waals surface area (Å²) in [7, 11) is 0. The largest absolute Gasteiger partial charge is 0.349 e. The van der Waals surface area contributed by atoms with Crippen molar-refractivity contribution in [1.82, 2.24) is 10.3 Å². The van der Waals surface area contributed by atoms with E-state index in [1.54, 1.807) is 24.3 Å². The van der Waals surface area contributed by atoms with Crippen molar-refractivity contribution < 1.29 is 9.59 Å². The molecule has 0 bridgehead atoms. The summed E-state index contributed by atoms with van der Waals surface area (Å²) in [4.78, 5) is 27.2. The fourth-order valence-corrected chi connectivity index (χ4v) is 2.97. The second kappa shape index (κ2) is 6.72. The standard InChI is InChI=1S/C19H17ClN4O2/c20-16-14-3-1-2-4-15(14)24-17(16)18(25)21-11-5-7-12(8-6-11)22-19(26)23-13-9-10-13/h1-8,13,24H,9-10H2,(H,21,25)(H2,22,23,26). The van der Waals surface area contributed by atoms with Crippen molar-refractivity contribution in [3.63, 3.8) is 0 Å². The molecular weight excluding hydrogens is 352 g/mol. The molecule has 4 N–H and O–H groups in total. The van der Waals surface area contributed by atoms with Gasteiger partial charge in [-0.05, 0) is 43.2 Å². The lowest BCUT2D eigenvalue weighted by molar-refractivity contribution is 0.102. The molecule has 26 heavy (non-hydrogen) atoms. The quantitative estimate of drug-likeness (QED) is 0.551. The third-order valence-corrected chi connectivity index (χ3v) is 4.58. The van der Waals surface area contributed by atoms with Gasteiger partial charge in [0.2, 0.25) is 0 Å². The maximum Gasteiger partial charge on any atom is 0.319 e. The third kappa shape index (κ3) is 3.50. The summed E-state index contributed by atoms with van der Waals surface area (Å²) in [6, 6.07) is 14.5. The van der Waals surface area contributed by atoms with Crippen molar-refractivity contribution in [3.8, 4) is 0 Å². The molecule has 1 heterocycles. The number of carbonyl (C=O) groups is 2. The van der Waals surface area contributed by atoms with Gasteiger partial charge >= 0.3 is 6.03 Å². The van der Waals surface area contributed by atoms with Crippen molar-refractivity contribution in [1.29, 1.82) is 0 Å². The zero-order valence-electron chi connectivity index (χ0n) is 13.8. The van der Waals surface area contributed by atoms with E-state index < -0.39 is 0 Å². The molecular formula is C19H17ClN4O2. The van der Waals surface area contributed by atoms with Crippen molar-refractivity contribution in [2.24, 2.45) is 0 Å². The lowest BCUT2D eigenvalue weighted by Gasteiger charge is -2.08. The number of hydrogen-bond donors (Lipinski definition) is 4. The molecule has 7 heteroatoms. The summed E-state index contributed by atoms with van der Waals surface area (Å²) in [5.74, 6) is -0.321. The van der Waals surface area contributed by atoms with Crippen molar-refractivity contribution in [3.05, 3.63) is 59.2 Å². The molecule has 1 saturated carbocycles. The number of anilines is 2. The summed E-state index contributed by atoms with van der Waals surface area (Å²) < 4.78 is 0. The zero-order valence-corrected chi connectivity index (χ0v) is 14.6. The number of H-pyrrole nitrogens is 1. The number of halogens is 1. The van der Waals surface area contributed by atoms with Crippen molar-refractivity contribution in [2.45, 2.75) is 18.9 Å². The summed E-state index contributed by atoms with van der Waals surface area (Å²) in [6.07, 6.45) is 2.07. The van der Waals surface area contributed by atoms with Crippen molar-refractivity contribution >= 4 is 45.8 Å². The first kappa shape index (κ1) is 16.5. The minimum atomic E-state index is -0.321. The molecule has 0 unspecified atom stereocenters. The Kier molecular flexibility index (Phi) is 4.26. The van der Waals surface area contributed by atoms with Crippen LogP contribution in [0.25, 0.3) is 10.9 Å². The molecule has 0 spiro atoms. The van der Waals surface area contributed by atoms with Gasteiger partial charge in [-0.3, -0.25) is 4.79 Å². The summed E-state index contributed by atoms with van der Waals surface area (Å²) in [6.45, 7) is 0. The van der Waals surface area contributed by atoms with E-state index in [2.05, 4.69) is 20.9 Å². The SMILES string of the molecule is O=C(Nc1ccc(NC(=O)c2[nH]c3ccccc3c2Cl)cc1)NC1CC1. The number of nitrogens with one attached hydrogen (secondary N) is 4. The number of fused-ring (bicyclic) bond motifs is 1. The Bertz CT molecular complexity index is 977. The smallest absolute Gasteiger partial charge is 0.319 e. The summed E-state index contributed by atoms with van der Waals surface area (Å²) in [5.41, 5.74) is 2.39. The van der Waals surface area contributed by atoms with E-state index in [0.29, 0.717) is 28.1 Å². The Morgan fingerprint density at radius 3 is 2.27 bits per heavy atom. The first-order valence-corrected chi connectivity index (χ1v) is 8.73. The molecule has 4 rings (SSSR count). The van der Waals surface area contributed by atoms with Crippen LogP contribution in [0.5, 0.6) is 0 Å². The summed E-state index contributed by atoms with van der Waals surface area (Å²) in [5, 5.41) is 9.62. The lowest BCUT2D eigenvalue weighted by atomic mass is 10.2. The monoisotopic (exact) mass is 368 g/mol. The van der Waals surface area contributed by atoms with Crippen LogP contribution in [-0.4, -0.2) is 23.0 Å². The first-order chi connectivity index (χ1) is 12.6. The Balaban J connectivity index is 1.43. The fraction of sp³-hybridized carbons (Fsp3) is 0.158. The van der Waals surface area contributed by atoms with Gasteiger partial charge in [0.05, 0.1) is 5.02 Å². The molecule has 3 amide bonds. The normalized spacial score (nSPS) is 13.4. The maximum atomic E-state index is 12.5. The van der Waals surface area contributed by atoms with Crippen LogP contribution < -0.4 is 16.0 Å². The summed E-state index contributed by atoms with van der Waals surface area (Å²) >= 11 is 6.30. The van der Waals surface area contributed by atoms with Gasteiger partial charge in [-0.25, -0.2) is 4.79 Å². The van der Waals surface area contributed by atoms with Crippen LogP contribution in [0.4, 0.5) is 16.2 Å². The number of aromatic amines is 1. The molecule has 2 aromatic carbocycles. The number of hydrogen-bond acceptors (Lipinski definition) is 2. The van der Waals surface area contributed by atoms with E-state index in [0.717, 1.165) is 23.7 Å². The molecule has 0 atom stereocenters. The highest BCUT2D eigenvalue weighted by atomic mass is 35.5. The molecule has 3 aromatic rings. The molecule has 6 nitrogen and oxygen atoms in total. The highest BCUT2D eigenvalue weighted by molar-refractivity contribution is 6.39. The van der Waals surface area contributed by atoms with E-state index in [4.69, 9.17) is 11.6 Å². The number of para-hydroxylation sites is 1. The molecule has 0 radical (unpaired) electrons. The van der Waals surface area contributed by atoms with Gasteiger partial charge < -0.3 is 20.9 Å². The Morgan fingerprint density at radius 1 is 0.962 bits per heavy atom. The van der Waals surface area contributed by atoms with E-state index in [1.165, 1.54) is 0 Å². The predicted molar refractivity (Wildman–Crippen MR) is 103 cm³/mol. The lowest BCUT2D eigenvalue weighted by Crippen LogP contribution is -2.30. The first-order valence-electron chi connectivity index (χ1n) is 8.35. The van der Waals surface area contributed by atoms with E-state index in [9.17, 15) is 9.59 Å². The number of aromatic nitrogens is 1. The Morgan fingerprint density at radius 2 is 1.62 bits per heavy atom. The minimum absolute atomic E-state index is 0.214. The van der Waals surface area contributed by atoms with Crippen LogP contribution in [-0.2, 0) is 0 Å². The van der Waals surface area contributed by atoms with Gasteiger partial charge in [0.15, 0.2) is 0 Å². The molecule has 0 aliphatic heterocycles. The number of amides is 3. The topological polar surface area (TPSA) is 86.0 Å². The van der Waals surface area contributed by atoms with Crippen LogP contribution >= 0.6 is 11.6 Å². The Hall–Kier alpha value is -2.99. The zero-order chi connectivity index (χ0) is 18.1. The Labute approximate surface area is 154 Å². The van der Waals surface area contributed by atoms with Crippen LogP contribution in [0.3, 0.4) is 0 Å². The number of carbonyl (C=O) groups excluding carboxylic acids is 2. The highest BCUT2D eigenvalue weighted by Crippen LogP contribution is 2.28. The van der Waals surface area contributed by atoms with Crippen LogP contribution in [0, 0.1) is 0 Å². The molecule has 1 fully saturated rings. The number of rotatable bonds is 4. The van der Waals surface area contributed by atoms with E-state index in [1.807, 2.05) is 24.3 Å². The average molecular weight is 369 g/mol. The van der Waals surface area contributed by atoms with Crippen LogP contribution in [0.2, 0.25) is 5.02 Å². The second-order valence-electron chi connectivity index (χ2n) is 6.26. The van der Waals surface area contributed by atoms with E-state index >= 15 is 0 Å². The van der Waals surface area contributed by atoms with Crippen LogP contribution in [0.1, 0.15) is 23.3 Å². The predicted octanol–water partition coefficient (Wildman–Crippen LogP) is 4.36. The molecule has 1 aliphatic rings. The van der Waals surface area contributed by atoms with Gasteiger partial charge in [-0.2, -0.15) is 0 Å². The van der Waals surface area contributed by atoms with Gasteiger partial charge in [0.1, 0.15) is 5.69 Å². The minimum Gasteiger partial charge on any atom is -0.349 e. The van der Waals surface area contributed by atoms with Gasteiger partial charge in [-0.15, -0.1) is 0 Å². The molecule has 132 valence electrons. The van der Waals surface area contributed by atoms with Gasteiger partial charge in [-0.1, -0.05) is 29.8 Å². The molecule has 1 aliphatic carbocycles. The molecule has 0 saturated heterocycles. The van der Waals surface area contributed by atoms with Crippen LogP contribution in [0.15, 0.2) is 48.5 Å². The maximum absolute atomic E-state index is 12.5.